The van der Waals surface area contributed by atoms with Crippen LogP contribution >= 0.6 is 12.0 Å². The molecular weight excluding hydrogens is 384 g/mol. The van der Waals surface area contributed by atoms with Crippen molar-refractivity contribution in [1.82, 2.24) is 0 Å². The molecule has 0 spiro atoms. The van der Waals surface area contributed by atoms with Crippen molar-refractivity contribution in [2.24, 2.45) is 5.41 Å². The third-order valence-corrected chi connectivity index (χ3v) is 7.14. The maximum atomic E-state index is 11.2. The Morgan fingerprint density at radius 3 is 2.79 bits per heavy atom. The number of carboxylic acid groups (broad SMARTS) is 1. The summed E-state index contributed by atoms with van der Waals surface area (Å²) in [6.07, 6.45) is 1.56. The van der Waals surface area contributed by atoms with Gasteiger partial charge in [0, 0.05) is 0 Å². The van der Waals surface area contributed by atoms with E-state index < -0.39 is 31.8 Å². The molecule has 0 fully saturated rings. The Kier molecular flexibility index (Phi) is 6.87. The summed E-state index contributed by atoms with van der Waals surface area (Å²) >= 11 is 0.549. The van der Waals surface area contributed by atoms with Crippen LogP contribution in [0.2, 0.25) is 0 Å². The van der Waals surface area contributed by atoms with E-state index in [1.54, 1.807) is 13.8 Å². The van der Waals surface area contributed by atoms with E-state index in [0.717, 1.165) is 23.4 Å². The Hall–Kier alpha value is -0.0304. The second-order valence-corrected chi connectivity index (χ2v) is 8.37. The van der Waals surface area contributed by atoms with Gasteiger partial charge in [-0.2, -0.15) is 0 Å². The predicted octanol–water partition coefficient (Wildman–Crippen LogP) is 3.17. The molecule has 0 aromatic carbocycles. The minimum absolute atomic E-state index is 0.290. The van der Waals surface area contributed by atoms with Gasteiger partial charge < -0.3 is 0 Å². The van der Waals surface area contributed by atoms with Gasteiger partial charge in [0.2, 0.25) is 0 Å². The number of carboxylic acids is 1. The molecule has 1 aromatic heterocycles. The van der Waals surface area contributed by atoms with Gasteiger partial charge >= 0.3 is 127 Å². The molecular formula is C12H18O5STe. The molecule has 1 aromatic rings. The molecule has 2 N–H and O–H groups in total. The van der Waals surface area contributed by atoms with Crippen LogP contribution in [0, 0.1) is 5.41 Å². The van der Waals surface area contributed by atoms with Crippen LogP contribution in [0.5, 0.6) is 0 Å². The van der Waals surface area contributed by atoms with E-state index >= 15 is 0 Å². The van der Waals surface area contributed by atoms with Crippen molar-refractivity contribution in [2.75, 3.05) is 0 Å². The van der Waals surface area contributed by atoms with Crippen molar-refractivity contribution in [2.45, 2.75) is 44.4 Å². The molecule has 1 atom stereocenters. The van der Waals surface area contributed by atoms with Crippen LogP contribution in [0.4, 0.5) is 0 Å². The molecule has 1 heterocycles. The molecule has 19 heavy (non-hydrogen) atoms. The molecule has 5 nitrogen and oxygen atoms in total. The van der Waals surface area contributed by atoms with E-state index in [1.165, 1.54) is 3.58 Å². The maximum absolute atomic E-state index is 11.2. The van der Waals surface area contributed by atoms with Crippen molar-refractivity contribution < 1.29 is 24.5 Å². The second-order valence-electron chi connectivity index (χ2n) is 4.91. The van der Waals surface area contributed by atoms with Crippen molar-refractivity contribution in [3.05, 3.63) is 13.7 Å². The zero-order valence-corrected chi connectivity index (χ0v) is 14.2. The number of carbonyl (C=O) groups is 1. The summed E-state index contributed by atoms with van der Waals surface area (Å²) < 4.78 is 7.83. The Bertz CT molecular complexity index is 418. The normalized spacial score (nSPS) is 13.5. The van der Waals surface area contributed by atoms with Crippen molar-refractivity contribution in [3.8, 4) is 0 Å². The standard InChI is InChI=1S/C12H18O5STe/c1-4-8(6-12(2,3)11(13)14)10-5-9(7-19-10)18-17-16-15/h5,7-8,15H,4,6H2,1-3H3,(H,13,14). The van der Waals surface area contributed by atoms with Gasteiger partial charge in [0.05, 0.1) is 0 Å². The van der Waals surface area contributed by atoms with Gasteiger partial charge in [-0.1, -0.05) is 0 Å². The molecule has 0 radical (unpaired) electrons. The number of rotatable bonds is 8. The SMILES string of the molecule is CCC(CC(C)(C)C(=O)O)c1cc(SOOO)c[te]1. The van der Waals surface area contributed by atoms with Gasteiger partial charge in [-0.05, 0) is 0 Å². The quantitative estimate of drug-likeness (QED) is 0.301. The fraction of sp³-hybridized carbons (Fsp3) is 0.583. The Morgan fingerprint density at radius 2 is 2.26 bits per heavy atom. The Morgan fingerprint density at radius 1 is 1.58 bits per heavy atom. The monoisotopic (exact) mass is 404 g/mol. The van der Waals surface area contributed by atoms with E-state index in [4.69, 9.17) is 5.26 Å². The summed E-state index contributed by atoms with van der Waals surface area (Å²) in [4.78, 5) is 12.1. The fourth-order valence-electron chi connectivity index (χ4n) is 1.80. The summed E-state index contributed by atoms with van der Waals surface area (Å²) in [7, 11) is 0. The van der Waals surface area contributed by atoms with Crippen LogP contribution in [0.3, 0.4) is 0 Å². The van der Waals surface area contributed by atoms with E-state index in [-0.39, 0.29) is 5.92 Å². The van der Waals surface area contributed by atoms with E-state index in [0.29, 0.717) is 6.42 Å². The number of hydrogen-bond acceptors (Lipinski definition) is 5. The topological polar surface area (TPSA) is 76.0 Å². The molecule has 7 heteroatoms. The average Bonchev–Trinajstić information content (AvgIpc) is 2.81. The molecule has 0 amide bonds. The summed E-state index contributed by atoms with van der Waals surface area (Å²) in [5.41, 5.74) is -0.713. The molecule has 0 saturated carbocycles. The first-order chi connectivity index (χ1) is 8.90. The van der Waals surface area contributed by atoms with Crippen LogP contribution in [0.15, 0.2) is 15.0 Å². The van der Waals surface area contributed by atoms with Gasteiger partial charge in [-0.3, -0.25) is 0 Å². The minimum atomic E-state index is -0.760. The Labute approximate surface area is 126 Å². The van der Waals surface area contributed by atoms with Crippen LogP contribution in [0.1, 0.15) is 43.1 Å². The molecule has 0 aliphatic rings. The second kappa shape index (κ2) is 7.67. The van der Waals surface area contributed by atoms with E-state index in [9.17, 15) is 9.90 Å². The zero-order valence-electron chi connectivity index (χ0n) is 11.1. The number of aliphatic carboxylic acids is 1. The molecule has 108 valence electrons. The van der Waals surface area contributed by atoms with Gasteiger partial charge in [0.25, 0.3) is 0 Å². The van der Waals surface area contributed by atoms with Crippen LogP contribution in [0.25, 0.3) is 0 Å². The van der Waals surface area contributed by atoms with Gasteiger partial charge in [-0.15, -0.1) is 0 Å². The van der Waals surface area contributed by atoms with Crippen LogP contribution in [-0.2, 0) is 14.2 Å². The third-order valence-electron chi connectivity index (χ3n) is 2.99. The van der Waals surface area contributed by atoms with Crippen molar-refractivity contribution >= 4 is 38.4 Å². The Balaban J connectivity index is 2.74. The molecule has 0 aliphatic carbocycles. The first-order valence-corrected chi connectivity index (χ1v) is 9.12. The van der Waals surface area contributed by atoms with Gasteiger partial charge in [0.1, 0.15) is 0 Å². The summed E-state index contributed by atoms with van der Waals surface area (Å²) in [6, 6.07) is 2.03. The summed E-state index contributed by atoms with van der Waals surface area (Å²) in [5, 5.41) is 20.9. The molecule has 1 rings (SSSR count). The van der Waals surface area contributed by atoms with Gasteiger partial charge in [-0.25, -0.2) is 0 Å². The number of hydrogen-bond donors (Lipinski definition) is 2. The van der Waals surface area contributed by atoms with Crippen molar-refractivity contribution in [1.29, 1.82) is 0 Å². The summed E-state index contributed by atoms with van der Waals surface area (Å²) in [5.74, 6) is -0.470. The molecule has 0 saturated heterocycles. The van der Waals surface area contributed by atoms with Crippen molar-refractivity contribution in [3.63, 3.8) is 0 Å². The molecule has 1 unspecified atom stereocenters. The van der Waals surface area contributed by atoms with Crippen LogP contribution in [-0.4, -0.2) is 36.8 Å². The summed E-state index contributed by atoms with van der Waals surface area (Å²) in [6.45, 7) is 5.61. The van der Waals surface area contributed by atoms with E-state index in [2.05, 4.69) is 20.4 Å². The zero-order chi connectivity index (χ0) is 14.5. The fourth-order valence-corrected chi connectivity index (χ4v) is 5.74. The molecule has 0 bridgehead atoms. The van der Waals surface area contributed by atoms with Gasteiger partial charge in [0.15, 0.2) is 0 Å². The van der Waals surface area contributed by atoms with E-state index in [1.807, 2.05) is 6.07 Å². The molecule has 0 aliphatic heterocycles. The first-order valence-electron chi connectivity index (χ1n) is 5.87. The first kappa shape index (κ1) is 17.0. The third kappa shape index (κ3) is 5.10. The predicted molar refractivity (Wildman–Crippen MR) is 73.1 cm³/mol. The van der Waals surface area contributed by atoms with Crippen LogP contribution < -0.4 is 0 Å². The average molecular weight is 402 g/mol.